The molecule has 6 nitrogen and oxygen atoms in total. The summed E-state index contributed by atoms with van der Waals surface area (Å²) in [7, 11) is -3.65. The largest absolute Gasteiger partial charge is 0.492 e. The van der Waals surface area contributed by atoms with Gasteiger partial charge in [-0.05, 0) is 42.9 Å². The van der Waals surface area contributed by atoms with Crippen molar-refractivity contribution in [2.45, 2.75) is 19.1 Å². The smallest absolute Gasteiger partial charge is 0.240 e. The van der Waals surface area contributed by atoms with E-state index in [-0.39, 0.29) is 12.5 Å². The Morgan fingerprint density at radius 2 is 1.87 bits per heavy atom. The van der Waals surface area contributed by atoms with Crippen molar-refractivity contribution in [3.05, 3.63) is 59.1 Å². The van der Waals surface area contributed by atoms with Crippen molar-refractivity contribution in [1.82, 2.24) is 5.32 Å². The molecule has 0 heterocycles. The maximum absolute atomic E-state index is 12.4. The lowest BCUT2D eigenvalue weighted by atomic mass is 10.2. The molecular weight excluding hydrogens is 444 g/mol. The molecule has 0 fully saturated rings. The molecule has 1 N–H and O–H groups in total. The number of halogens is 1. The lowest BCUT2D eigenvalue weighted by Gasteiger charge is -2.24. The zero-order valence-electron chi connectivity index (χ0n) is 17.1. The van der Waals surface area contributed by atoms with E-state index in [2.05, 4.69) is 5.32 Å². The SMILES string of the molecule is CCOc1ccccc1N(CC(=O)NCCCSCc1ccccc1Cl)S(C)(=O)=O. The molecule has 1 amide bonds. The van der Waals surface area contributed by atoms with Crippen molar-refractivity contribution in [3.63, 3.8) is 0 Å². The molecule has 2 aromatic carbocycles. The van der Waals surface area contributed by atoms with E-state index in [0.717, 1.165) is 39.1 Å². The normalized spacial score (nSPS) is 11.2. The molecule has 0 aliphatic rings. The molecule has 0 saturated carbocycles. The number of sulfonamides is 1. The summed E-state index contributed by atoms with van der Waals surface area (Å²) < 4.78 is 31.1. The van der Waals surface area contributed by atoms with Gasteiger partial charge in [0.1, 0.15) is 12.3 Å². The van der Waals surface area contributed by atoms with Gasteiger partial charge in [-0.1, -0.05) is 41.9 Å². The van der Waals surface area contributed by atoms with Gasteiger partial charge in [-0.25, -0.2) is 8.42 Å². The van der Waals surface area contributed by atoms with Crippen molar-refractivity contribution >= 4 is 45.0 Å². The van der Waals surface area contributed by atoms with Gasteiger partial charge >= 0.3 is 0 Å². The Kier molecular flexibility index (Phi) is 9.81. The number of hydrogen-bond donors (Lipinski definition) is 1. The minimum absolute atomic E-state index is 0.296. The summed E-state index contributed by atoms with van der Waals surface area (Å²) in [6.45, 7) is 2.39. The molecule has 0 aliphatic carbocycles. The molecule has 0 unspecified atom stereocenters. The number of hydrogen-bond acceptors (Lipinski definition) is 5. The number of carbonyl (C=O) groups is 1. The fourth-order valence-electron chi connectivity index (χ4n) is 2.71. The number of anilines is 1. The second-order valence-corrected chi connectivity index (χ2v) is 9.94. The molecule has 0 atom stereocenters. The molecule has 9 heteroatoms. The first kappa shape index (κ1) is 24.4. The third-order valence-electron chi connectivity index (χ3n) is 4.12. The predicted octanol–water partition coefficient (Wildman–Crippen LogP) is 3.94. The third kappa shape index (κ3) is 7.74. The minimum Gasteiger partial charge on any atom is -0.492 e. The molecule has 0 radical (unpaired) electrons. The van der Waals surface area contributed by atoms with Crippen molar-refractivity contribution < 1.29 is 17.9 Å². The summed E-state index contributed by atoms with van der Waals surface area (Å²) in [5.41, 5.74) is 1.44. The summed E-state index contributed by atoms with van der Waals surface area (Å²) in [5, 5.41) is 3.55. The lowest BCUT2D eigenvalue weighted by molar-refractivity contribution is -0.119. The quantitative estimate of drug-likeness (QED) is 0.475. The van der Waals surface area contributed by atoms with E-state index in [1.807, 2.05) is 31.2 Å². The van der Waals surface area contributed by atoms with Gasteiger partial charge in [-0.3, -0.25) is 9.10 Å². The first-order valence-corrected chi connectivity index (χ1v) is 13.0. The van der Waals surface area contributed by atoms with Crippen LogP contribution >= 0.6 is 23.4 Å². The molecule has 164 valence electrons. The zero-order valence-corrected chi connectivity index (χ0v) is 19.5. The average molecular weight is 471 g/mol. The number of rotatable bonds is 12. The summed E-state index contributed by atoms with van der Waals surface area (Å²) in [6.07, 6.45) is 1.85. The van der Waals surface area contributed by atoms with Gasteiger partial charge in [-0.15, -0.1) is 0 Å². The van der Waals surface area contributed by atoms with Gasteiger partial charge in [-0.2, -0.15) is 11.8 Å². The van der Waals surface area contributed by atoms with E-state index >= 15 is 0 Å². The van der Waals surface area contributed by atoms with Crippen molar-refractivity contribution in [2.24, 2.45) is 0 Å². The summed E-state index contributed by atoms with van der Waals surface area (Å²) in [6, 6.07) is 14.5. The van der Waals surface area contributed by atoms with E-state index in [9.17, 15) is 13.2 Å². The fraction of sp³-hybridized carbons (Fsp3) is 0.381. The van der Waals surface area contributed by atoms with E-state index in [1.54, 1.807) is 36.0 Å². The van der Waals surface area contributed by atoms with E-state index in [0.29, 0.717) is 24.6 Å². The molecule has 0 aliphatic heterocycles. The number of carbonyl (C=O) groups excluding carboxylic acids is 1. The fourth-order valence-corrected chi connectivity index (χ4v) is 4.81. The number of nitrogens with zero attached hydrogens (tertiary/aromatic N) is 1. The van der Waals surface area contributed by atoms with Crippen LogP contribution in [0, 0.1) is 0 Å². The monoisotopic (exact) mass is 470 g/mol. The van der Waals surface area contributed by atoms with Crippen LogP contribution in [0.4, 0.5) is 5.69 Å². The number of para-hydroxylation sites is 2. The van der Waals surface area contributed by atoms with Crippen LogP contribution in [0.1, 0.15) is 18.9 Å². The van der Waals surface area contributed by atoms with E-state index in [1.165, 1.54) is 0 Å². The Morgan fingerprint density at radius 3 is 2.57 bits per heavy atom. The third-order valence-corrected chi connectivity index (χ3v) is 6.71. The second kappa shape index (κ2) is 12.1. The highest BCUT2D eigenvalue weighted by molar-refractivity contribution is 7.98. The van der Waals surface area contributed by atoms with Crippen LogP contribution in [-0.4, -0.2) is 46.0 Å². The van der Waals surface area contributed by atoms with Gasteiger partial charge in [0.15, 0.2) is 0 Å². The van der Waals surface area contributed by atoms with Gasteiger partial charge in [0.2, 0.25) is 15.9 Å². The number of nitrogens with one attached hydrogen (secondary N) is 1. The van der Waals surface area contributed by atoms with Crippen LogP contribution in [0.25, 0.3) is 0 Å². The van der Waals surface area contributed by atoms with E-state index < -0.39 is 10.0 Å². The Balaban J connectivity index is 1.83. The van der Waals surface area contributed by atoms with Crippen LogP contribution < -0.4 is 14.4 Å². The molecule has 0 saturated heterocycles. The summed E-state index contributed by atoms with van der Waals surface area (Å²) >= 11 is 7.88. The summed E-state index contributed by atoms with van der Waals surface area (Å²) in [4.78, 5) is 12.4. The molecular formula is C21H27ClN2O4S2. The van der Waals surface area contributed by atoms with Gasteiger partial charge < -0.3 is 10.1 Å². The van der Waals surface area contributed by atoms with Crippen LogP contribution in [0.2, 0.25) is 5.02 Å². The zero-order chi connectivity index (χ0) is 22.0. The molecule has 0 spiro atoms. The Bertz CT molecular complexity index is 938. The maximum atomic E-state index is 12.4. The number of amides is 1. The Labute approximate surface area is 188 Å². The first-order chi connectivity index (χ1) is 14.3. The van der Waals surface area contributed by atoms with Crippen LogP contribution in [0.5, 0.6) is 5.75 Å². The number of thioether (sulfide) groups is 1. The topological polar surface area (TPSA) is 75.7 Å². The van der Waals surface area contributed by atoms with Crippen molar-refractivity contribution in [2.75, 3.05) is 36.0 Å². The maximum Gasteiger partial charge on any atom is 0.240 e. The minimum atomic E-state index is -3.65. The van der Waals surface area contributed by atoms with Gasteiger partial charge in [0.25, 0.3) is 0 Å². The van der Waals surface area contributed by atoms with Crippen LogP contribution in [0.3, 0.4) is 0 Å². The molecule has 2 aromatic rings. The van der Waals surface area contributed by atoms with Gasteiger partial charge in [0.05, 0.1) is 18.6 Å². The predicted molar refractivity (Wildman–Crippen MR) is 125 cm³/mol. The Morgan fingerprint density at radius 1 is 1.17 bits per heavy atom. The number of benzene rings is 2. The van der Waals surface area contributed by atoms with Crippen molar-refractivity contribution in [3.8, 4) is 5.75 Å². The molecule has 0 aromatic heterocycles. The van der Waals surface area contributed by atoms with Crippen LogP contribution in [-0.2, 0) is 20.6 Å². The first-order valence-electron chi connectivity index (χ1n) is 9.60. The Hall–Kier alpha value is -1.90. The van der Waals surface area contributed by atoms with Crippen molar-refractivity contribution in [1.29, 1.82) is 0 Å². The lowest BCUT2D eigenvalue weighted by Crippen LogP contribution is -2.40. The molecule has 2 rings (SSSR count). The second-order valence-electron chi connectivity index (χ2n) is 6.52. The summed E-state index contributed by atoms with van der Waals surface area (Å²) in [5.74, 6) is 1.73. The molecule has 30 heavy (non-hydrogen) atoms. The number of ether oxygens (including phenoxy) is 1. The van der Waals surface area contributed by atoms with Gasteiger partial charge in [0, 0.05) is 17.3 Å². The highest BCUT2D eigenvalue weighted by Gasteiger charge is 2.23. The standard InChI is InChI=1S/C21H27ClN2O4S2/c1-3-28-20-12-7-6-11-19(20)24(30(2,26)27)15-21(25)23-13-8-14-29-16-17-9-4-5-10-18(17)22/h4-7,9-12H,3,8,13-16H2,1-2H3,(H,23,25). The highest BCUT2D eigenvalue weighted by atomic mass is 35.5. The van der Waals surface area contributed by atoms with Crippen LogP contribution in [0.15, 0.2) is 48.5 Å². The average Bonchev–Trinajstić information content (AvgIpc) is 2.70. The molecule has 0 bridgehead atoms. The van der Waals surface area contributed by atoms with E-state index in [4.69, 9.17) is 16.3 Å². The highest BCUT2D eigenvalue weighted by Crippen LogP contribution is 2.29.